The molecule has 0 aromatic rings. The lowest BCUT2D eigenvalue weighted by atomic mass is 10.1. The summed E-state index contributed by atoms with van der Waals surface area (Å²) in [6.07, 6.45) is 18.3. The van der Waals surface area contributed by atoms with Crippen LogP contribution in [-0.2, 0) is 4.74 Å². The first-order valence-corrected chi connectivity index (χ1v) is 9.84. The molecular formula is C19H42N2O. The Balaban J connectivity index is 3.00. The van der Waals surface area contributed by atoms with E-state index < -0.39 is 0 Å². The van der Waals surface area contributed by atoms with Crippen molar-refractivity contribution in [3.8, 4) is 0 Å². The smallest absolute Gasteiger partial charge is 0.0466 e. The molecule has 4 N–H and O–H groups in total. The Kier molecular flexibility index (Phi) is 18.8. The SMILES string of the molecule is CCCCCCCCCCCCCOCCCC(N)CCN. The van der Waals surface area contributed by atoms with Gasteiger partial charge in [-0.3, -0.25) is 0 Å². The molecule has 0 aromatic heterocycles. The van der Waals surface area contributed by atoms with Gasteiger partial charge in [0, 0.05) is 19.3 Å². The van der Waals surface area contributed by atoms with E-state index in [4.69, 9.17) is 16.2 Å². The first-order valence-electron chi connectivity index (χ1n) is 9.84. The van der Waals surface area contributed by atoms with E-state index >= 15 is 0 Å². The van der Waals surface area contributed by atoms with E-state index in [9.17, 15) is 0 Å². The van der Waals surface area contributed by atoms with E-state index in [1.54, 1.807) is 0 Å². The van der Waals surface area contributed by atoms with Crippen molar-refractivity contribution < 1.29 is 4.74 Å². The lowest BCUT2D eigenvalue weighted by molar-refractivity contribution is 0.124. The molecule has 0 fully saturated rings. The summed E-state index contributed by atoms with van der Waals surface area (Å²) in [5.74, 6) is 0. The van der Waals surface area contributed by atoms with E-state index in [1.807, 2.05) is 0 Å². The molecule has 3 heteroatoms. The van der Waals surface area contributed by atoms with Crippen molar-refractivity contribution in [3.63, 3.8) is 0 Å². The lowest BCUT2D eigenvalue weighted by Gasteiger charge is -2.10. The fourth-order valence-corrected chi connectivity index (χ4v) is 2.78. The summed E-state index contributed by atoms with van der Waals surface area (Å²) >= 11 is 0. The first-order chi connectivity index (χ1) is 10.8. The minimum absolute atomic E-state index is 0.260. The van der Waals surface area contributed by atoms with Crippen LogP contribution in [0.3, 0.4) is 0 Å². The highest BCUT2D eigenvalue weighted by molar-refractivity contribution is 4.61. The highest BCUT2D eigenvalue weighted by Crippen LogP contribution is 2.11. The molecule has 1 unspecified atom stereocenters. The summed E-state index contributed by atoms with van der Waals surface area (Å²) < 4.78 is 5.66. The topological polar surface area (TPSA) is 61.3 Å². The van der Waals surface area contributed by atoms with E-state index in [2.05, 4.69) is 6.92 Å². The molecule has 0 aromatic carbocycles. The van der Waals surface area contributed by atoms with E-state index in [1.165, 1.54) is 70.6 Å². The van der Waals surface area contributed by atoms with Gasteiger partial charge in [0.1, 0.15) is 0 Å². The maximum Gasteiger partial charge on any atom is 0.0466 e. The number of nitrogens with two attached hydrogens (primary N) is 2. The monoisotopic (exact) mass is 314 g/mol. The van der Waals surface area contributed by atoms with Crippen LogP contribution in [0.1, 0.15) is 96.8 Å². The Morgan fingerprint density at radius 2 is 1.18 bits per heavy atom. The van der Waals surface area contributed by atoms with Crippen LogP contribution < -0.4 is 11.5 Å². The van der Waals surface area contributed by atoms with Gasteiger partial charge in [-0.2, -0.15) is 0 Å². The molecular weight excluding hydrogens is 272 g/mol. The zero-order chi connectivity index (χ0) is 16.3. The average Bonchev–Trinajstić information content (AvgIpc) is 2.51. The Bertz CT molecular complexity index is 200. The van der Waals surface area contributed by atoms with Gasteiger partial charge in [0.25, 0.3) is 0 Å². The molecule has 0 bridgehead atoms. The summed E-state index contributed by atoms with van der Waals surface area (Å²) in [4.78, 5) is 0. The van der Waals surface area contributed by atoms with Crippen LogP contribution in [0.4, 0.5) is 0 Å². The van der Waals surface area contributed by atoms with Gasteiger partial charge in [-0.25, -0.2) is 0 Å². The van der Waals surface area contributed by atoms with Crippen LogP contribution in [0.5, 0.6) is 0 Å². The van der Waals surface area contributed by atoms with Crippen molar-refractivity contribution in [2.75, 3.05) is 19.8 Å². The predicted octanol–water partition coefficient (Wildman–Crippen LogP) is 4.77. The van der Waals surface area contributed by atoms with Crippen LogP contribution in [0.15, 0.2) is 0 Å². The predicted molar refractivity (Wildman–Crippen MR) is 98.2 cm³/mol. The molecule has 0 rings (SSSR count). The standard InChI is InChI=1S/C19H42N2O/c1-2-3-4-5-6-7-8-9-10-11-12-17-22-18-13-14-19(21)15-16-20/h19H,2-18,20-21H2,1H3. The fourth-order valence-electron chi connectivity index (χ4n) is 2.78. The normalized spacial score (nSPS) is 12.7. The molecule has 0 amide bonds. The van der Waals surface area contributed by atoms with Crippen molar-refractivity contribution in [2.45, 2.75) is 103 Å². The summed E-state index contributed by atoms with van der Waals surface area (Å²) in [5, 5.41) is 0. The lowest BCUT2D eigenvalue weighted by Crippen LogP contribution is -2.23. The summed E-state index contributed by atoms with van der Waals surface area (Å²) in [7, 11) is 0. The summed E-state index contributed by atoms with van der Waals surface area (Å²) in [6, 6.07) is 0.260. The zero-order valence-electron chi connectivity index (χ0n) is 15.2. The third kappa shape index (κ3) is 17.9. The molecule has 0 aliphatic rings. The van der Waals surface area contributed by atoms with Gasteiger partial charge >= 0.3 is 0 Å². The van der Waals surface area contributed by atoms with Crippen molar-refractivity contribution >= 4 is 0 Å². The van der Waals surface area contributed by atoms with Crippen LogP contribution in [0, 0.1) is 0 Å². The first kappa shape index (κ1) is 21.9. The van der Waals surface area contributed by atoms with Crippen LogP contribution in [-0.4, -0.2) is 25.8 Å². The molecule has 0 saturated heterocycles. The molecule has 134 valence electrons. The molecule has 1 atom stereocenters. The van der Waals surface area contributed by atoms with Crippen molar-refractivity contribution in [3.05, 3.63) is 0 Å². The van der Waals surface area contributed by atoms with Gasteiger partial charge < -0.3 is 16.2 Å². The Morgan fingerprint density at radius 3 is 1.73 bits per heavy atom. The van der Waals surface area contributed by atoms with Gasteiger partial charge in [-0.1, -0.05) is 71.1 Å². The molecule has 22 heavy (non-hydrogen) atoms. The Labute approximate surface area is 139 Å². The minimum Gasteiger partial charge on any atom is -0.381 e. The second-order valence-electron chi connectivity index (χ2n) is 6.63. The van der Waals surface area contributed by atoms with Gasteiger partial charge in [0.05, 0.1) is 0 Å². The minimum atomic E-state index is 0.260. The van der Waals surface area contributed by atoms with Gasteiger partial charge in [-0.15, -0.1) is 0 Å². The van der Waals surface area contributed by atoms with E-state index in [0.29, 0.717) is 6.54 Å². The third-order valence-corrected chi connectivity index (χ3v) is 4.29. The van der Waals surface area contributed by atoms with Crippen molar-refractivity contribution in [1.82, 2.24) is 0 Å². The molecule has 0 radical (unpaired) electrons. The Morgan fingerprint density at radius 1 is 0.682 bits per heavy atom. The van der Waals surface area contributed by atoms with E-state index in [0.717, 1.165) is 32.5 Å². The van der Waals surface area contributed by atoms with Gasteiger partial charge in [0.15, 0.2) is 0 Å². The molecule has 3 nitrogen and oxygen atoms in total. The van der Waals surface area contributed by atoms with Gasteiger partial charge in [-0.05, 0) is 32.2 Å². The number of rotatable bonds is 18. The summed E-state index contributed by atoms with van der Waals surface area (Å²) in [5.41, 5.74) is 11.4. The number of hydrogen-bond donors (Lipinski definition) is 2. The fraction of sp³-hybridized carbons (Fsp3) is 1.00. The third-order valence-electron chi connectivity index (χ3n) is 4.29. The van der Waals surface area contributed by atoms with E-state index in [-0.39, 0.29) is 6.04 Å². The molecule has 0 saturated carbocycles. The van der Waals surface area contributed by atoms with Crippen molar-refractivity contribution in [1.29, 1.82) is 0 Å². The van der Waals surface area contributed by atoms with Crippen molar-refractivity contribution in [2.24, 2.45) is 11.5 Å². The molecule has 0 heterocycles. The number of ether oxygens (including phenoxy) is 1. The van der Waals surface area contributed by atoms with Gasteiger partial charge in [0.2, 0.25) is 0 Å². The quantitative estimate of drug-likeness (QED) is 0.358. The average molecular weight is 315 g/mol. The highest BCUT2D eigenvalue weighted by Gasteiger charge is 2.00. The molecule has 0 aliphatic carbocycles. The van der Waals surface area contributed by atoms with Crippen LogP contribution >= 0.6 is 0 Å². The van der Waals surface area contributed by atoms with Crippen LogP contribution in [0.2, 0.25) is 0 Å². The second-order valence-corrected chi connectivity index (χ2v) is 6.63. The number of unbranched alkanes of at least 4 members (excludes halogenated alkanes) is 10. The molecule has 0 aliphatic heterocycles. The Hall–Kier alpha value is -0.120. The van der Waals surface area contributed by atoms with Crippen LogP contribution in [0.25, 0.3) is 0 Å². The highest BCUT2D eigenvalue weighted by atomic mass is 16.5. The maximum atomic E-state index is 5.90. The number of hydrogen-bond acceptors (Lipinski definition) is 3. The summed E-state index contributed by atoms with van der Waals surface area (Å²) in [6.45, 7) is 4.75. The largest absolute Gasteiger partial charge is 0.381 e. The zero-order valence-corrected chi connectivity index (χ0v) is 15.2. The second kappa shape index (κ2) is 18.9. The maximum absolute atomic E-state index is 5.90. The molecule has 0 spiro atoms.